The quantitative estimate of drug-likeness (QED) is 0.723. The van der Waals surface area contributed by atoms with Crippen molar-refractivity contribution in [2.75, 3.05) is 6.54 Å². The standard InChI is InChI=1S/C8H13NOS/c1-6-4-11-5-7(6)8(10)2-3-9/h4-5,8,10H,2-3,9H2,1H3/t8-/m0/s1. The molecule has 0 aliphatic carbocycles. The Kier molecular flexibility index (Phi) is 3.05. The Morgan fingerprint density at radius 3 is 2.82 bits per heavy atom. The lowest BCUT2D eigenvalue weighted by molar-refractivity contribution is 0.170. The fraction of sp³-hybridized carbons (Fsp3) is 0.500. The van der Waals surface area contributed by atoms with Crippen molar-refractivity contribution in [3.63, 3.8) is 0 Å². The van der Waals surface area contributed by atoms with Crippen molar-refractivity contribution in [3.8, 4) is 0 Å². The first-order valence-electron chi connectivity index (χ1n) is 3.66. The molecule has 0 bridgehead atoms. The average molecular weight is 171 g/mol. The van der Waals surface area contributed by atoms with Gasteiger partial charge >= 0.3 is 0 Å². The van der Waals surface area contributed by atoms with E-state index in [0.717, 1.165) is 11.1 Å². The van der Waals surface area contributed by atoms with Crippen molar-refractivity contribution in [3.05, 3.63) is 21.9 Å². The summed E-state index contributed by atoms with van der Waals surface area (Å²) in [6.07, 6.45) is 0.281. The normalized spacial score (nSPS) is 13.4. The van der Waals surface area contributed by atoms with Crippen molar-refractivity contribution >= 4 is 11.3 Å². The Morgan fingerprint density at radius 2 is 2.36 bits per heavy atom. The van der Waals surface area contributed by atoms with E-state index in [-0.39, 0.29) is 6.10 Å². The molecule has 0 unspecified atom stereocenters. The van der Waals surface area contributed by atoms with Crippen molar-refractivity contribution in [2.24, 2.45) is 5.73 Å². The highest BCUT2D eigenvalue weighted by molar-refractivity contribution is 7.08. The summed E-state index contributed by atoms with van der Waals surface area (Å²) in [7, 11) is 0. The van der Waals surface area contributed by atoms with Gasteiger partial charge in [0.25, 0.3) is 0 Å². The van der Waals surface area contributed by atoms with Gasteiger partial charge in [0.2, 0.25) is 0 Å². The Labute approximate surface area is 70.7 Å². The highest BCUT2D eigenvalue weighted by Gasteiger charge is 2.09. The average Bonchev–Trinajstić information content (AvgIpc) is 2.36. The van der Waals surface area contributed by atoms with E-state index in [1.54, 1.807) is 11.3 Å². The third-order valence-electron chi connectivity index (χ3n) is 1.69. The van der Waals surface area contributed by atoms with E-state index in [9.17, 15) is 5.11 Å². The Balaban J connectivity index is 2.67. The number of aliphatic hydroxyl groups is 1. The van der Waals surface area contributed by atoms with E-state index >= 15 is 0 Å². The van der Waals surface area contributed by atoms with Crippen molar-refractivity contribution < 1.29 is 5.11 Å². The molecule has 3 N–H and O–H groups in total. The SMILES string of the molecule is Cc1cscc1[C@@H](O)CCN. The predicted octanol–water partition coefficient (Wildman–Crippen LogP) is 1.44. The lowest BCUT2D eigenvalue weighted by Crippen LogP contribution is -2.06. The van der Waals surface area contributed by atoms with E-state index in [2.05, 4.69) is 0 Å². The van der Waals surface area contributed by atoms with Crippen LogP contribution in [0.25, 0.3) is 0 Å². The first kappa shape index (κ1) is 8.71. The third-order valence-corrected chi connectivity index (χ3v) is 2.57. The summed E-state index contributed by atoms with van der Waals surface area (Å²) in [5.41, 5.74) is 7.52. The fourth-order valence-electron chi connectivity index (χ4n) is 1.03. The second kappa shape index (κ2) is 3.85. The van der Waals surface area contributed by atoms with Crippen LogP contribution in [0.3, 0.4) is 0 Å². The molecule has 0 radical (unpaired) electrons. The number of rotatable bonds is 3. The maximum Gasteiger partial charge on any atom is 0.0812 e. The molecule has 11 heavy (non-hydrogen) atoms. The number of aryl methyl sites for hydroxylation is 1. The van der Waals surface area contributed by atoms with E-state index in [4.69, 9.17) is 5.73 Å². The monoisotopic (exact) mass is 171 g/mol. The van der Waals surface area contributed by atoms with Crippen molar-refractivity contribution in [1.29, 1.82) is 0 Å². The summed E-state index contributed by atoms with van der Waals surface area (Å²) < 4.78 is 0. The van der Waals surface area contributed by atoms with E-state index < -0.39 is 0 Å². The molecule has 1 heterocycles. The summed E-state index contributed by atoms with van der Waals surface area (Å²) in [5.74, 6) is 0. The lowest BCUT2D eigenvalue weighted by atomic mass is 10.1. The topological polar surface area (TPSA) is 46.2 Å². The number of hydrogen-bond donors (Lipinski definition) is 2. The zero-order valence-electron chi connectivity index (χ0n) is 6.58. The van der Waals surface area contributed by atoms with Crippen molar-refractivity contribution in [1.82, 2.24) is 0 Å². The van der Waals surface area contributed by atoms with Crippen LogP contribution in [0, 0.1) is 6.92 Å². The second-order valence-corrected chi connectivity index (χ2v) is 3.35. The number of nitrogens with two attached hydrogens (primary N) is 1. The molecule has 0 aliphatic heterocycles. The fourth-order valence-corrected chi connectivity index (χ4v) is 1.92. The van der Waals surface area contributed by atoms with Gasteiger partial charge in [-0.2, -0.15) is 11.3 Å². The van der Waals surface area contributed by atoms with Gasteiger partial charge in [0.15, 0.2) is 0 Å². The summed E-state index contributed by atoms with van der Waals surface area (Å²) in [4.78, 5) is 0. The van der Waals surface area contributed by atoms with Crippen LogP contribution < -0.4 is 5.73 Å². The smallest absolute Gasteiger partial charge is 0.0812 e. The summed E-state index contributed by atoms with van der Waals surface area (Å²) in [5, 5.41) is 13.5. The largest absolute Gasteiger partial charge is 0.388 e. The maximum absolute atomic E-state index is 9.52. The molecule has 0 fully saturated rings. The number of thiophene rings is 1. The molecule has 3 heteroatoms. The van der Waals surface area contributed by atoms with Gasteiger partial charge in [-0.05, 0) is 41.8 Å². The van der Waals surface area contributed by atoms with Crippen molar-refractivity contribution in [2.45, 2.75) is 19.4 Å². The Hall–Kier alpha value is -0.380. The zero-order valence-corrected chi connectivity index (χ0v) is 7.40. The molecule has 0 spiro atoms. The molecular weight excluding hydrogens is 158 g/mol. The molecule has 1 atom stereocenters. The molecule has 0 aliphatic rings. The molecule has 0 saturated heterocycles. The van der Waals surface area contributed by atoms with Gasteiger partial charge in [-0.15, -0.1) is 0 Å². The maximum atomic E-state index is 9.52. The Morgan fingerprint density at radius 1 is 1.64 bits per heavy atom. The first-order chi connectivity index (χ1) is 5.25. The zero-order chi connectivity index (χ0) is 8.27. The molecule has 2 nitrogen and oxygen atoms in total. The summed E-state index contributed by atoms with van der Waals surface area (Å²) in [6.45, 7) is 2.54. The minimum atomic E-state index is -0.369. The van der Waals surface area contributed by atoms with Crippen LogP contribution in [0.5, 0.6) is 0 Å². The predicted molar refractivity (Wildman–Crippen MR) is 47.7 cm³/mol. The van der Waals surface area contributed by atoms with Crippen LogP contribution in [0.15, 0.2) is 10.8 Å². The van der Waals surface area contributed by atoms with Gasteiger partial charge in [0, 0.05) is 0 Å². The van der Waals surface area contributed by atoms with E-state index in [0.29, 0.717) is 13.0 Å². The van der Waals surface area contributed by atoms with E-state index in [1.165, 1.54) is 0 Å². The lowest BCUT2D eigenvalue weighted by Gasteiger charge is -2.07. The molecular formula is C8H13NOS. The minimum Gasteiger partial charge on any atom is -0.388 e. The van der Waals surface area contributed by atoms with Gasteiger partial charge in [0.05, 0.1) is 6.10 Å². The van der Waals surface area contributed by atoms with Gasteiger partial charge in [-0.25, -0.2) is 0 Å². The number of aliphatic hydroxyl groups excluding tert-OH is 1. The third kappa shape index (κ3) is 2.02. The molecule has 1 aromatic rings. The van der Waals surface area contributed by atoms with Gasteiger partial charge in [-0.3, -0.25) is 0 Å². The van der Waals surface area contributed by atoms with Crippen LogP contribution in [0.4, 0.5) is 0 Å². The van der Waals surface area contributed by atoms with Gasteiger partial charge < -0.3 is 10.8 Å². The van der Waals surface area contributed by atoms with Crippen LogP contribution in [0.1, 0.15) is 23.7 Å². The van der Waals surface area contributed by atoms with Crippen LogP contribution >= 0.6 is 11.3 Å². The Bertz CT molecular complexity index is 222. The second-order valence-electron chi connectivity index (χ2n) is 2.60. The highest BCUT2D eigenvalue weighted by Crippen LogP contribution is 2.23. The van der Waals surface area contributed by atoms with Crippen LogP contribution in [-0.4, -0.2) is 11.7 Å². The summed E-state index contributed by atoms with van der Waals surface area (Å²) in [6, 6.07) is 0. The molecule has 0 amide bonds. The highest BCUT2D eigenvalue weighted by atomic mass is 32.1. The van der Waals surface area contributed by atoms with E-state index in [1.807, 2.05) is 17.7 Å². The van der Waals surface area contributed by atoms with Gasteiger partial charge in [-0.1, -0.05) is 0 Å². The molecule has 1 rings (SSSR count). The molecule has 1 aromatic heterocycles. The number of hydrogen-bond acceptors (Lipinski definition) is 3. The molecule has 0 aromatic carbocycles. The minimum absolute atomic E-state index is 0.369. The molecule has 0 saturated carbocycles. The molecule has 62 valence electrons. The summed E-state index contributed by atoms with van der Waals surface area (Å²) >= 11 is 1.62. The van der Waals surface area contributed by atoms with Gasteiger partial charge in [0.1, 0.15) is 0 Å². The first-order valence-corrected chi connectivity index (χ1v) is 4.60. The van der Waals surface area contributed by atoms with Crippen LogP contribution in [-0.2, 0) is 0 Å². The van der Waals surface area contributed by atoms with Crippen LogP contribution in [0.2, 0.25) is 0 Å².